The number of nitrogens with one attached hydrogen (secondary N) is 1. The van der Waals surface area contributed by atoms with E-state index in [1.54, 1.807) is 11.7 Å². The smallest absolute Gasteiger partial charge is 0.392 e. The van der Waals surface area contributed by atoms with Crippen molar-refractivity contribution in [2.75, 3.05) is 20.2 Å². The summed E-state index contributed by atoms with van der Waals surface area (Å²) >= 11 is 0. The first-order chi connectivity index (χ1) is 12.2. The highest BCUT2D eigenvalue weighted by Gasteiger charge is 2.58. The van der Waals surface area contributed by atoms with Gasteiger partial charge in [-0.05, 0) is 31.6 Å². The minimum Gasteiger partial charge on any atom is -0.481 e. The molecule has 6 nitrogen and oxygen atoms in total. The number of carbonyl (C=O) groups is 1. The van der Waals surface area contributed by atoms with Gasteiger partial charge in [0.1, 0.15) is 0 Å². The molecule has 1 atom stereocenters. The van der Waals surface area contributed by atoms with Crippen molar-refractivity contribution < 1.29 is 22.7 Å². The Kier molecular flexibility index (Phi) is 4.83. The predicted octanol–water partition coefficient (Wildman–Crippen LogP) is 3.00. The minimum absolute atomic E-state index is 0.0217. The standard InChI is InChI=1S/C17H25F3N4O2/c1-11-12(14(26-3)23(2)22-11)9-21-15(25)24-8-5-13(17(18,19)20)16(10-24)6-4-7-16/h13H,4-10H2,1-3H3,(H,21,25). The average Bonchev–Trinajstić information content (AvgIpc) is 2.82. The van der Waals surface area contributed by atoms with Crippen LogP contribution in [0.15, 0.2) is 0 Å². The summed E-state index contributed by atoms with van der Waals surface area (Å²) < 4.78 is 46.9. The van der Waals surface area contributed by atoms with Gasteiger partial charge in [-0.3, -0.25) is 0 Å². The number of aryl methyl sites for hydroxylation is 2. The monoisotopic (exact) mass is 374 g/mol. The molecule has 3 rings (SSSR count). The molecule has 2 aliphatic rings. The van der Waals surface area contributed by atoms with E-state index in [4.69, 9.17) is 4.74 Å². The second kappa shape index (κ2) is 6.66. The van der Waals surface area contributed by atoms with Crippen molar-refractivity contribution in [3.63, 3.8) is 0 Å². The number of amides is 2. The highest BCUT2D eigenvalue weighted by atomic mass is 19.4. The molecule has 146 valence electrons. The van der Waals surface area contributed by atoms with Gasteiger partial charge in [0.25, 0.3) is 0 Å². The Morgan fingerprint density at radius 1 is 1.42 bits per heavy atom. The first-order valence-corrected chi connectivity index (χ1v) is 8.84. The number of halogens is 3. The zero-order chi connectivity index (χ0) is 19.1. The van der Waals surface area contributed by atoms with E-state index >= 15 is 0 Å². The number of aromatic nitrogens is 2. The molecule has 1 spiro atoms. The van der Waals surface area contributed by atoms with Crippen molar-refractivity contribution in [3.8, 4) is 5.88 Å². The zero-order valence-corrected chi connectivity index (χ0v) is 15.3. The molecule has 1 unspecified atom stereocenters. The molecule has 0 radical (unpaired) electrons. The normalized spacial score (nSPS) is 22.2. The molecule has 0 aromatic carbocycles. The molecule has 2 amide bonds. The molecule has 2 fully saturated rings. The van der Waals surface area contributed by atoms with Crippen LogP contribution in [0.4, 0.5) is 18.0 Å². The maximum atomic E-state index is 13.3. The zero-order valence-electron chi connectivity index (χ0n) is 15.3. The van der Waals surface area contributed by atoms with Gasteiger partial charge in [0.15, 0.2) is 0 Å². The minimum atomic E-state index is -4.19. The van der Waals surface area contributed by atoms with Gasteiger partial charge >= 0.3 is 12.2 Å². The largest absolute Gasteiger partial charge is 0.481 e. The molecule has 1 aromatic heterocycles. The van der Waals surface area contributed by atoms with Crippen LogP contribution in [-0.4, -0.2) is 47.1 Å². The topological polar surface area (TPSA) is 59.4 Å². The van der Waals surface area contributed by atoms with E-state index in [1.807, 2.05) is 6.92 Å². The number of methoxy groups -OCH3 is 1. The molecule has 26 heavy (non-hydrogen) atoms. The van der Waals surface area contributed by atoms with Crippen molar-refractivity contribution in [3.05, 3.63) is 11.3 Å². The molecule has 1 aliphatic heterocycles. The van der Waals surface area contributed by atoms with Crippen LogP contribution in [-0.2, 0) is 13.6 Å². The van der Waals surface area contributed by atoms with Gasteiger partial charge in [-0.1, -0.05) is 6.42 Å². The van der Waals surface area contributed by atoms with Gasteiger partial charge in [0.05, 0.1) is 30.8 Å². The van der Waals surface area contributed by atoms with Crippen molar-refractivity contribution in [2.24, 2.45) is 18.4 Å². The Bertz CT molecular complexity index is 682. The lowest BCUT2D eigenvalue weighted by atomic mass is 9.58. The first-order valence-electron chi connectivity index (χ1n) is 8.84. The Morgan fingerprint density at radius 2 is 2.12 bits per heavy atom. The first kappa shape index (κ1) is 18.8. The summed E-state index contributed by atoms with van der Waals surface area (Å²) in [5.41, 5.74) is 0.721. The predicted molar refractivity (Wildman–Crippen MR) is 88.8 cm³/mol. The number of hydrogen-bond donors (Lipinski definition) is 1. The summed E-state index contributed by atoms with van der Waals surface area (Å²) in [4.78, 5) is 14.1. The van der Waals surface area contributed by atoms with Gasteiger partial charge in [-0.2, -0.15) is 18.3 Å². The number of rotatable bonds is 3. The summed E-state index contributed by atoms with van der Waals surface area (Å²) in [6, 6.07) is -0.331. The summed E-state index contributed by atoms with van der Waals surface area (Å²) in [6.07, 6.45) is -2.34. The van der Waals surface area contributed by atoms with Crippen LogP contribution in [0.25, 0.3) is 0 Å². The second-order valence-electron chi connectivity index (χ2n) is 7.38. The highest BCUT2D eigenvalue weighted by Crippen LogP contribution is 2.56. The Labute approximate surface area is 150 Å². The average molecular weight is 374 g/mol. The van der Waals surface area contributed by atoms with Gasteiger partial charge in [0.2, 0.25) is 5.88 Å². The van der Waals surface area contributed by atoms with Crippen LogP contribution in [0.5, 0.6) is 5.88 Å². The van der Waals surface area contributed by atoms with Crippen LogP contribution in [0.2, 0.25) is 0 Å². The molecular weight excluding hydrogens is 349 g/mol. The molecule has 1 aromatic rings. The van der Waals surface area contributed by atoms with E-state index < -0.39 is 17.5 Å². The van der Waals surface area contributed by atoms with E-state index in [-0.39, 0.29) is 32.1 Å². The number of nitrogens with zero attached hydrogens (tertiary/aromatic N) is 3. The molecular formula is C17H25F3N4O2. The number of carbonyl (C=O) groups excluding carboxylic acids is 1. The van der Waals surface area contributed by atoms with Gasteiger partial charge < -0.3 is 15.0 Å². The molecule has 1 saturated heterocycles. The third-order valence-electron chi connectivity index (χ3n) is 5.86. The number of likely N-dealkylation sites (tertiary alicyclic amines) is 1. The summed E-state index contributed by atoms with van der Waals surface area (Å²) in [7, 11) is 3.28. The van der Waals surface area contributed by atoms with Crippen LogP contribution < -0.4 is 10.1 Å². The molecule has 1 N–H and O–H groups in total. The van der Waals surface area contributed by atoms with Gasteiger partial charge in [-0.15, -0.1) is 0 Å². The number of ether oxygens (including phenoxy) is 1. The Morgan fingerprint density at radius 3 is 2.65 bits per heavy atom. The quantitative estimate of drug-likeness (QED) is 0.885. The Balaban J connectivity index is 1.65. The van der Waals surface area contributed by atoms with Crippen LogP contribution in [0, 0.1) is 18.3 Å². The molecule has 2 heterocycles. The summed E-state index contributed by atoms with van der Waals surface area (Å²) in [5.74, 6) is -0.734. The van der Waals surface area contributed by atoms with Gasteiger partial charge in [-0.25, -0.2) is 9.48 Å². The molecule has 0 bridgehead atoms. The van der Waals surface area contributed by atoms with Crippen LogP contribution in [0.3, 0.4) is 0 Å². The fraction of sp³-hybridized carbons (Fsp3) is 0.765. The van der Waals surface area contributed by atoms with E-state index in [9.17, 15) is 18.0 Å². The van der Waals surface area contributed by atoms with E-state index in [1.165, 1.54) is 12.0 Å². The maximum Gasteiger partial charge on any atom is 0.392 e. The summed E-state index contributed by atoms with van der Waals surface area (Å²) in [5, 5.41) is 7.07. The van der Waals surface area contributed by atoms with E-state index in [0.29, 0.717) is 18.7 Å². The Hall–Kier alpha value is -1.93. The number of urea groups is 1. The summed E-state index contributed by atoms with van der Waals surface area (Å²) in [6.45, 7) is 2.35. The maximum absolute atomic E-state index is 13.3. The van der Waals surface area contributed by atoms with E-state index in [2.05, 4.69) is 10.4 Å². The van der Waals surface area contributed by atoms with Crippen molar-refractivity contribution in [1.29, 1.82) is 0 Å². The number of hydrogen-bond acceptors (Lipinski definition) is 3. The SMILES string of the molecule is COc1c(CNC(=O)N2CCC(C(F)(F)F)C3(CCC3)C2)c(C)nn1C. The van der Waals surface area contributed by atoms with Crippen LogP contribution >= 0.6 is 0 Å². The number of alkyl halides is 3. The lowest BCUT2D eigenvalue weighted by Gasteiger charge is -2.54. The number of piperidine rings is 1. The van der Waals surface area contributed by atoms with E-state index in [0.717, 1.165) is 17.7 Å². The van der Waals surface area contributed by atoms with Crippen molar-refractivity contribution in [2.45, 2.75) is 45.3 Å². The molecule has 9 heteroatoms. The highest BCUT2D eigenvalue weighted by molar-refractivity contribution is 5.74. The van der Waals surface area contributed by atoms with Crippen molar-refractivity contribution in [1.82, 2.24) is 20.0 Å². The van der Waals surface area contributed by atoms with Crippen LogP contribution in [0.1, 0.15) is 36.9 Å². The molecule has 1 aliphatic carbocycles. The molecule has 1 saturated carbocycles. The fourth-order valence-electron chi connectivity index (χ4n) is 4.40. The second-order valence-corrected chi connectivity index (χ2v) is 7.38. The lowest BCUT2D eigenvalue weighted by molar-refractivity contribution is -0.235. The lowest BCUT2D eigenvalue weighted by Crippen LogP contribution is -2.59. The third kappa shape index (κ3) is 3.23. The van der Waals surface area contributed by atoms with Gasteiger partial charge in [0, 0.05) is 20.1 Å². The van der Waals surface area contributed by atoms with Crippen molar-refractivity contribution >= 4 is 6.03 Å². The third-order valence-corrected chi connectivity index (χ3v) is 5.86. The fourth-order valence-corrected chi connectivity index (χ4v) is 4.40.